The molecular formula is C127H75N9O4. The molecule has 13 nitrogen and oxygen atoms in total. The van der Waals surface area contributed by atoms with Crippen LogP contribution in [0.2, 0.25) is 0 Å². The number of rotatable bonds is 12. The first-order valence-electron chi connectivity index (χ1n) is 47.1. The zero-order chi connectivity index (χ0) is 91.7. The van der Waals surface area contributed by atoms with E-state index in [-0.39, 0.29) is 0 Å². The molecule has 0 fully saturated rings. The summed E-state index contributed by atoms with van der Waals surface area (Å²) in [7, 11) is 0. The minimum absolute atomic E-state index is 0.612. The van der Waals surface area contributed by atoms with Crippen LogP contribution in [0.25, 0.3) is 288 Å². The van der Waals surface area contributed by atoms with Gasteiger partial charge >= 0.3 is 0 Å². The predicted octanol–water partition coefficient (Wildman–Crippen LogP) is 33.7. The molecule has 0 atom stereocenters. The summed E-state index contributed by atoms with van der Waals surface area (Å²) in [4.78, 5) is 25.1. The second-order valence-corrected chi connectivity index (χ2v) is 36.1. The quantitative estimate of drug-likeness (QED) is 0.117. The number of furan rings is 4. The molecule has 0 radical (unpaired) electrons. The average molecular weight is 1790 g/mol. The van der Waals surface area contributed by atoms with E-state index in [4.69, 9.17) is 42.6 Å². The van der Waals surface area contributed by atoms with Crippen molar-refractivity contribution in [3.63, 3.8) is 0 Å². The van der Waals surface area contributed by atoms with E-state index >= 15 is 0 Å². The van der Waals surface area contributed by atoms with Crippen molar-refractivity contribution in [1.82, 2.24) is 43.2 Å². The van der Waals surface area contributed by atoms with Gasteiger partial charge in [0.2, 0.25) is 0 Å². The summed E-state index contributed by atoms with van der Waals surface area (Å²) in [6.07, 6.45) is 0. The summed E-state index contributed by atoms with van der Waals surface area (Å²) >= 11 is 0. The number of hydrogen-bond donors (Lipinski definition) is 0. The van der Waals surface area contributed by atoms with E-state index in [1.165, 1.54) is 21.5 Å². The Morgan fingerprint density at radius 3 is 0.636 bits per heavy atom. The topological polar surface area (TPSA) is 137 Å². The Balaban J connectivity index is 0.000000134. The van der Waals surface area contributed by atoms with Crippen molar-refractivity contribution in [3.8, 4) is 113 Å². The number of para-hydroxylation sites is 6. The lowest BCUT2D eigenvalue weighted by molar-refractivity contribution is 0.669. The van der Waals surface area contributed by atoms with Gasteiger partial charge in [0.1, 0.15) is 44.7 Å². The molecule has 0 spiro atoms. The lowest BCUT2D eigenvalue weighted by Gasteiger charge is -2.12. The maximum absolute atomic E-state index is 6.53. The maximum atomic E-state index is 6.53. The molecule has 10 aromatic heterocycles. The van der Waals surface area contributed by atoms with Gasteiger partial charge in [-0.2, -0.15) is 0 Å². The van der Waals surface area contributed by atoms with Gasteiger partial charge in [-0.3, -0.25) is 0 Å². The highest BCUT2D eigenvalue weighted by atomic mass is 16.3. The van der Waals surface area contributed by atoms with Crippen LogP contribution < -0.4 is 0 Å². The predicted molar refractivity (Wildman–Crippen MR) is 572 cm³/mol. The van der Waals surface area contributed by atoms with Crippen LogP contribution in [0.3, 0.4) is 0 Å². The SMILES string of the molecule is c1ccc(-c2cc(-c3ccc(-n4c5ccc(-c6ccc7c(c6)c6cc8c(cc6n7-c6ccccc6)oc6ccccc68)cc5c5cc6c(cc54)oc4ccccc46)cc3)nc(-c3ccccc3)n2)cc1.c1ccc(-c2nc(-c3ccccc3)nc(-c3ccc(-n4c5ccc(-c6ccc7c(c6)c6cc8c(cc6n7-c6ccccc6)oc6ccccc68)cc5c5cc6c(cc54)oc4ccccc46)cc3)n2)cc1. The van der Waals surface area contributed by atoms with Gasteiger partial charge in [0.25, 0.3) is 0 Å². The second-order valence-electron chi connectivity index (χ2n) is 36.1. The lowest BCUT2D eigenvalue weighted by atomic mass is 10.00. The molecule has 30 aromatic rings. The maximum Gasteiger partial charge on any atom is 0.164 e. The molecule has 0 aliphatic heterocycles. The molecule has 652 valence electrons. The van der Waals surface area contributed by atoms with Gasteiger partial charge in [0, 0.05) is 167 Å². The first kappa shape index (κ1) is 78.4. The minimum atomic E-state index is 0.612. The van der Waals surface area contributed by atoms with Crippen molar-refractivity contribution < 1.29 is 17.7 Å². The Labute approximate surface area is 798 Å². The van der Waals surface area contributed by atoms with Crippen LogP contribution >= 0.6 is 0 Å². The van der Waals surface area contributed by atoms with Gasteiger partial charge in [-0.1, -0.05) is 267 Å². The number of fused-ring (bicyclic) bond motifs is 24. The Kier molecular flexibility index (Phi) is 17.5. The fourth-order valence-corrected chi connectivity index (χ4v) is 21.5. The zero-order valence-corrected chi connectivity index (χ0v) is 75.0. The van der Waals surface area contributed by atoms with Crippen molar-refractivity contribution in [3.05, 3.63) is 455 Å². The average Bonchev–Trinajstić information content (AvgIpc) is 1.57. The molecule has 13 heteroatoms. The molecule has 0 aliphatic carbocycles. The first-order valence-corrected chi connectivity index (χ1v) is 47.1. The largest absolute Gasteiger partial charge is 0.456 e. The molecule has 0 unspecified atom stereocenters. The van der Waals surface area contributed by atoms with Crippen molar-refractivity contribution in [2.75, 3.05) is 0 Å². The summed E-state index contributed by atoms with van der Waals surface area (Å²) in [6, 6.07) is 160. The molecule has 0 amide bonds. The van der Waals surface area contributed by atoms with Gasteiger partial charge in [0.15, 0.2) is 23.3 Å². The fraction of sp³-hybridized carbons (Fsp3) is 0. The van der Waals surface area contributed by atoms with Crippen molar-refractivity contribution >= 4 is 175 Å². The molecule has 0 saturated carbocycles. The number of hydrogen-bond acceptors (Lipinski definition) is 9. The Bertz CT molecular complexity index is 9600. The van der Waals surface area contributed by atoms with E-state index in [2.05, 4.69) is 328 Å². The molecule has 10 heterocycles. The number of aromatic nitrogens is 9. The molecule has 0 saturated heterocycles. The van der Waals surface area contributed by atoms with E-state index in [0.29, 0.717) is 23.3 Å². The Hall–Kier alpha value is -19.1. The van der Waals surface area contributed by atoms with Crippen LogP contribution in [0.4, 0.5) is 0 Å². The molecule has 140 heavy (non-hydrogen) atoms. The summed E-state index contributed by atoms with van der Waals surface area (Å²) in [5, 5.41) is 18.2. The van der Waals surface area contributed by atoms with Crippen molar-refractivity contribution in [2.24, 2.45) is 0 Å². The van der Waals surface area contributed by atoms with Crippen LogP contribution in [0.1, 0.15) is 0 Å². The van der Waals surface area contributed by atoms with Gasteiger partial charge < -0.3 is 35.9 Å². The lowest BCUT2D eigenvalue weighted by Crippen LogP contribution is -2.00. The number of benzene rings is 20. The number of nitrogens with zero attached hydrogens (tertiary/aromatic N) is 9. The van der Waals surface area contributed by atoms with Crippen LogP contribution in [-0.2, 0) is 0 Å². The molecule has 20 aromatic carbocycles. The molecular weight excluding hydrogens is 1720 g/mol. The summed E-state index contributed by atoms with van der Waals surface area (Å²) in [5.74, 6) is 2.57. The highest BCUT2D eigenvalue weighted by Gasteiger charge is 2.26. The van der Waals surface area contributed by atoms with Gasteiger partial charge in [-0.15, -0.1) is 0 Å². The highest BCUT2D eigenvalue weighted by molar-refractivity contribution is 6.23. The fourth-order valence-electron chi connectivity index (χ4n) is 21.5. The smallest absolute Gasteiger partial charge is 0.164 e. The highest BCUT2D eigenvalue weighted by Crippen LogP contribution is 2.48. The van der Waals surface area contributed by atoms with Crippen LogP contribution in [0.5, 0.6) is 0 Å². The molecule has 0 N–H and O–H groups in total. The summed E-state index contributed by atoms with van der Waals surface area (Å²) < 4.78 is 35.4. The molecule has 30 rings (SSSR count). The van der Waals surface area contributed by atoms with E-state index in [1.807, 2.05) is 146 Å². The van der Waals surface area contributed by atoms with E-state index in [9.17, 15) is 0 Å². The van der Waals surface area contributed by atoms with Gasteiger partial charge in [-0.25, -0.2) is 24.9 Å². The van der Waals surface area contributed by atoms with E-state index < -0.39 is 0 Å². The van der Waals surface area contributed by atoms with Crippen molar-refractivity contribution in [2.45, 2.75) is 0 Å². The van der Waals surface area contributed by atoms with Crippen LogP contribution in [0, 0.1) is 0 Å². The summed E-state index contributed by atoms with van der Waals surface area (Å²) in [5.41, 5.74) is 32.2. The van der Waals surface area contributed by atoms with Crippen LogP contribution in [0.15, 0.2) is 473 Å². The first-order chi connectivity index (χ1) is 69.3. The van der Waals surface area contributed by atoms with E-state index in [0.717, 1.165) is 243 Å². The minimum Gasteiger partial charge on any atom is -0.456 e. The standard InChI is InChI=1S/C64H38N4O2.C63H37N5O2/c1-4-14-39(15-5-1)54-36-55(66-64(65-54)41-16-6-2-7-17-41)40-24-28-45(29-25-40)68-57-31-27-43(33-49(57)51-35-53-47-21-11-13-23-61(47)70-63(53)38-59(51)68)42-26-30-56-48(32-42)50-34-52-46-20-10-12-22-60(46)69-62(52)37-58(50)67(56)44-18-8-3-9-19-44;1-4-14-38(15-5-1)61-64-62(39-16-6-2-7-17-39)66-63(65-61)40-24-28-44(29-25-40)68-54-31-27-42(33-48(54)50-35-52-46-21-11-13-23-58(46)70-60(52)37-56(50)68)41-26-30-53-47(32-41)49-34-51-45-20-10-12-22-57(45)69-59(51)36-55(49)67(53)43-18-8-3-9-19-43/h1-38H;1-37H. The summed E-state index contributed by atoms with van der Waals surface area (Å²) in [6.45, 7) is 0. The second kappa shape index (κ2) is 31.2. The molecule has 0 aliphatic rings. The van der Waals surface area contributed by atoms with E-state index in [1.54, 1.807) is 0 Å². The Morgan fingerprint density at radius 1 is 0.129 bits per heavy atom. The third-order valence-electron chi connectivity index (χ3n) is 28.1. The van der Waals surface area contributed by atoms with Crippen molar-refractivity contribution in [1.29, 1.82) is 0 Å². The van der Waals surface area contributed by atoms with Gasteiger partial charge in [-0.05, 0) is 186 Å². The molecule has 0 bridgehead atoms. The monoisotopic (exact) mass is 1790 g/mol. The van der Waals surface area contributed by atoms with Gasteiger partial charge in [0.05, 0.1) is 55.5 Å². The zero-order valence-electron chi connectivity index (χ0n) is 75.0. The normalized spacial score (nSPS) is 12.0. The third-order valence-corrected chi connectivity index (χ3v) is 28.1. The Morgan fingerprint density at radius 2 is 0.343 bits per heavy atom. The third kappa shape index (κ3) is 12.7. The van der Waals surface area contributed by atoms with Crippen LogP contribution in [-0.4, -0.2) is 43.2 Å².